The van der Waals surface area contributed by atoms with Crippen molar-refractivity contribution in [2.75, 3.05) is 5.32 Å². The summed E-state index contributed by atoms with van der Waals surface area (Å²) < 4.78 is 5.57. The highest BCUT2D eigenvalue weighted by atomic mass is 16.5. The number of rotatable bonds is 5. The van der Waals surface area contributed by atoms with Gasteiger partial charge in [0.15, 0.2) is 6.10 Å². The summed E-state index contributed by atoms with van der Waals surface area (Å²) in [5.41, 5.74) is 1.32. The lowest BCUT2D eigenvalue weighted by molar-refractivity contribution is -0.122. The summed E-state index contributed by atoms with van der Waals surface area (Å²) in [5.74, 6) is -0.910. The summed E-state index contributed by atoms with van der Waals surface area (Å²) in [6.07, 6.45) is -0.747. The fourth-order valence-corrected chi connectivity index (χ4v) is 1.96. The van der Waals surface area contributed by atoms with E-state index in [-0.39, 0.29) is 11.3 Å². The van der Waals surface area contributed by atoms with Gasteiger partial charge in [0, 0.05) is 0 Å². The van der Waals surface area contributed by atoms with Crippen LogP contribution in [0.4, 0.5) is 5.69 Å². The number of nitrogens with one attached hydrogen (secondary N) is 1. The normalized spacial score (nSPS) is 11.5. The van der Waals surface area contributed by atoms with E-state index in [0.717, 1.165) is 5.56 Å². The Bertz CT molecular complexity index is 697. The zero-order valence-electron chi connectivity index (χ0n) is 12.4. The molecular weight excluding hydrogens is 282 g/mol. The molecule has 0 saturated carbocycles. The van der Waals surface area contributed by atoms with Gasteiger partial charge in [-0.15, -0.1) is 0 Å². The van der Waals surface area contributed by atoms with Crippen LogP contribution in [-0.4, -0.2) is 23.1 Å². The van der Waals surface area contributed by atoms with E-state index in [9.17, 15) is 9.59 Å². The van der Waals surface area contributed by atoms with E-state index < -0.39 is 18.0 Å². The van der Waals surface area contributed by atoms with Crippen molar-refractivity contribution in [3.05, 3.63) is 59.7 Å². The van der Waals surface area contributed by atoms with Gasteiger partial charge in [0.2, 0.25) is 0 Å². The lowest BCUT2D eigenvalue weighted by atomic mass is 10.1. The molecular formula is C17H17NO4. The molecule has 1 amide bonds. The van der Waals surface area contributed by atoms with E-state index in [0.29, 0.717) is 5.75 Å². The van der Waals surface area contributed by atoms with Crippen LogP contribution in [0, 0.1) is 6.92 Å². The number of amides is 1. The molecule has 2 aromatic carbocycles. The number of hydrogen-bond acceptors (Lipinski definition) is 3. The molecule has 0 heterocycles. The molecule has 114 valence electrons. The zero-order valence-corrected chi connectivity index (χ0v) is 12.4. The van der Waals surface area contributed by atoms with Crippen LogP contribution < -0.4 is 10.1 Å². The van der Waals surface area contributed by atoms with Gasteiger partial charge in [-0.05, 0) is 43.7 Å². The number of carbonyl (C=O) groups is 2. The first-order valence-electron chi connectivity index (χ1n) is 6.84. The number of para-hydroxylation sites is 1. The average Bonchev–Trinajstić information content (AvgIpc) is 2.47. The molecule has 1 unspecified atom stereocenters. The highest BCUT2D eigenvalue weighted by molar-refractivity contribution is 6.01. The number of anilines is 1. The molecule has 0 aliphatic heterocycles. The Balaban J connectivity index is 2.07. The topological polar surface area (TPSA) is 75.6 Å². The molecule has 0 bridgehead atoms. The molecule has 2 N–H and O–H groups in total. The summed E-state index contributed by atoms with van der Waals surface area (Å²) in [6.45, 7) is 3.54. The highest BCUT2D eigenvalue weighted by Crippen LogP contribution is 2.17. The minimum Gasteiger partial charge on any atom is -0.481 e. The number of carboxylic acids is 1. The number of benzene rings is 2. The van der Waals surface area contributed by atoms with Crippen molar-refractivity contribution in [2.24, 2.45) is 0 Å². The van der Waals surface area contributed by atoms with Crippen LogP contribution in [0.25, 0.3) is 0 Å². The Morgan fingerprint density at radius 3 is 2.55 bits per heavy atom. The third-order valence-corrected chi connectivity index (χ3v) is 3.09. The smallest absolute Gasteiger partial charge is 0.337 e. The van der Waals surface area contributed by atoms with Crippen molar-refractivity contribution < 1.29 is 19.4 Å². The maximum absolute atomic E-state index is 12.1. The Morgan fingerprint density at radius 2 is 1.86 bits per heavy atom. The van der Waals surface area contributed by atoms with Gasteiger partial charge in [-0.3, -0.25) is 4.79 Å². The number of aromatic carboxylic acids is 1. The lowest BCUT2D eigenvalue weighted by Crippen LogP contribution is -2.30. The van der Waals surface area contributed by atoms with Gasteiger partial charge in [-0.1, -0.05) is 24.3 Å². The molecule has 5 nitrogen and oxygen atoms in total. The van der Waals surface area contributed by atoms with Crippen molar-refractivity contribution in [1.29, 1.82) is 0 Å². The predicted octanol–water partition coefficient (Wildman–Crippen LogP) is 3.10. The molecule has 5 heteroatoms. The van der Waals surface area contributed by atoms with E-state index in [1.165, 1.54) is 6.07 Å². The Labute approximate surface area is 128 Å². The largest absolute Gasteiger partial charge is 0.481 e. The molecule has 0 spiro atoms. The Morgan fingerprint density at radius 1 is 1.14 bits per heavy atom. The molecule has 1 atom stereocenters. The summed E-state index contributed by atoms with van der Waals surface area (Å²) in [5, 5.41) is 11.7. The van der Waals surface area contributed by atoms with Crippen LogP contribution in [0.3, 0.4) is 0 Å². The van der Waals surface area contributed by atoms with Gasteiger partial charge in [0.05, 0.1) is 11.3 Å². The average molecular weight is 299 g/mol. The minimum absolute atomic E-state index is 0.0404. The Kier molecular flexibility index (Phi) is 4.78. The molecule has 0 radical (unpaired) electrons. The molecule has 0 fully saturated rings. The van der Waals surface area contributed by atoms with E-state index in [2.05, 4.69) is 5.32 Å². The molecule has 22 heavy (non-hydrogen) atoms. The predicted molar refractivity (Wildman–Crippen MR) is 83.3 cm³/mol. The first-order valence-corrected chi connectivity index (χ1v) is 6.84. The fraction of sp³-hybridized carbons (Fsp3) is 0.176. The summed E-state index contributed by atoms with van der Waals surface area (Å²) in [7, 11) is 0. The fourth-order valence-electron chi connectivity index (χ4n) is 1.96. The van der Waals surface area contributed by atoms with Gasteiger partial charge in [-0.2, -0.15) is 0 Å². The second kappa shape index (κ2) is 6.76. The molecule has 0 aliphatic carbocycles. The van der Waals surface area contributed by atoms with Gasteiger partial charge < -0.3 is 15.2 Å². The van der Waals surface area contributed by atoms with Crippen LogP contribution in [0.5, 0.6) is 5.75 Å². The van der Waals surface area contributed by atoms with E-state index >= 15 is 0 Å². The molecule has 2 rings (SSSR count). The quantitative estimate of drug-likeness (QED) is 0.889. The summed E-state index contributed by atoms with van der Waals surface area (Å²) in [6, 6.07) is 13.6. The Hall–Kier alpha value is -2.82. The summed E-state index contributed by atoms with van der Waals surface area (Å²) in [4.78, 5) is 23.3. The van der Waals surface area contributed by atoms with Crippen LogP contribution >= 0.6 is 0 Å². The first kappa shape index (κ1) is 15.6. The van der Waals surface area contributed by atoms with Crippen molar-refractivity contribution in [3.8, 4) is 5.75 Å². The third kappa shape index (κ3) is 3.85. The number of aryl methyl sites for hydroxylation is 1. The lowest BCUT2D eigenvalue weighted by Gasteiger charge is -2.16. The van der Waals surface area contributed by atoms with Crippen molar-refractivity contribution in [3.63, 3.8) is 0 Å². The second-order valence-corrected chi connectivity index (χ2v) is 4.92. The number of carboxylic acid groups (broad SMARTS) is 1. The van der Waals surface area contributed by atoms with E-state index in [4.69, 9.17) is 9.84 Å². The number of carbonyl (C=O) groups excluding carboxylic acids is 1. The van der Waals surface area contributed by atoms with Crippen LogP contribution in [0.1, 0.15) is 22.8 Å². The van der Waals surface area contributed by atoms with E-state index in [1.54, 1.807) is 31.2 Å². The number of hydrogen-bond donors (Lipinski definition) is 2. The standard InChI is InChI=1S/C17H17NO4/c1-11-6-5-7-13(10-11)22-12(2)16(19)18-15-9-4-3-8-14(15)17(20)21/h3-10,12H,1-2H3,(H,18,19)(H,20,21). The van der Waals surface area contributed by atoms with Crippen LogP contribution in [0.15, 0.2) is 48.5 Å². The van der Waals surface area contributed by atoms with Gasteiger partial charge in [-0.25, -0.2) is 4.79 Å². The highest BCUT2D eigenvalue weighted by Gasteiger charge is 2.18. The van der Waals surface area contributed by atoms with Crippen molar-refractivity contribution in [1.82, 2.24) is 0 Å². The van der Waals surface area contributed by atoms with Gasteiger partial charge in [0.1, 0.15) is 5.75 Å². The zero-order chi connectivity index (χ0) is 16.1. The first-order chi connectivity index (χ1) is 10.5. The second-order valence-electron chi connectivity index (χ2n) is 4.92. The maximum atomic E-state index is 12.1. The van der Waals surface area contributed by atoms with Gasteiger partial charge in [0.25, 0.3) is 5.91 Å². The van der Waals surface area contributed by atoms with Crippen molar-refractivity contribution in [2.45, 2.75) is 20.0 Å². The van der Waals surface area contributed by atoms with E-state index in [1.807, 2.05) is 25.1 Å². The minimum atomic E-state index is -1.09. The van der Waals surface area contributed by atoms with Crippen LogP contribution in [0.2, 0.25) is 0 Å². The molecule has 0 aromatic heterocycles. The summed E-state index contributed by atoms with van der Waals surface area (Å²) >= 11 is 0. The third-order valence-electron chi connectivity index (χ3n) is 3.09. The monoisotopic (exact) mass is 299 g/mol. The van der Waals surface area contributed by atoms with Gasteiger partial charge >= 0.3 is 5.97 Å². The molecule has 2 aromatic rings. The number of ether oxygens (including phenoxy) is 1. The molecule has 0 saturated heterocycles. The molecule has 0 aliphatic rings. The van der Waals surface area contributed by atoms with Crippen LogP contribution in [-0.2, 0) is 4.79 Å². The van der Waals surface area contributed by atoms with Crippen molar-refractivity contribution >= 4 is 17.6 Å². The maximum Gasteiger partial charge on any atom is 0.337 e. The SMILES string of the molecule is Cc1cccc(OC(C)C(=O)Nc2ccccc2C(=O)O)c1.